The molecule has 5 heteroatoms. The molecule has 15 heavy (non-hydrogen) atoms. The highest BCUT2D eigenvalue weighted by Crippen LogP contribution is 2.12. The zero-order valence-corrected chi connectivity index (χ0v) is 9.83. The largest absolute Gasteiger partial charge is 0.354 e. The van der Waals surface area contributed by atoms with E-state index in [9.17, 15) is 0 Å². The predicted molar refractivity (Wildman–Crippen MR) is 62.9 cm³/mol. The lowest BCUT2D eigenvalue weighted by atomic mass is 10.3. The minimum atomic E-state index is 0.673. The van der Waals surface area contributed by atoms with E-state index < -0.39 is 0 Å². The van der Waals surface area contributed by atoms with E-state index in [0.29, 0.717) is 5.95 Å². The topological polar surface area (TPSA) is 53.1 Å². The lowest BCUT2D eigenvalue weighted by molar-refractivity contribution is 0.491. The van der Waals surface area contributed by atoms with Gasteiger partial charge < -0.3 is 10.7 Å². The lowest BCUT2D eigenvalue weighted by Crippen LogP contribution is -2.21. The van der Waals surface area contributed by atoms with E-state index in [1.165, 1.54) is 0 Å². The first kappa shape index (κ1) is 11.7. The van der Waals surface area contributed by atoms with Gasteiger partial charge in [-0.05, 0) is 13.3 Å². The van der Waals surface area contributed by atoms with Gasteiger partial charge >= 0.3 is 0 Å². The molecule has 0 bridgehead atoms. The fourth-order valence-corrected chi connectivity index (χ4v) is 1.09. The minimum absolute atomic E-state index is 0.673. The van der Waals surface area contributed by atoms with Crippen molar-refractivity contribution in [3.8, 4) is 0 Å². The summed E-state index contributed by atoms with van der Waals surface area (Å²) in [6.07, 6.45) is 2.88. The van der Waals surface area contributed by atoms with Crippen LogP contribution in [0.5, 0.6) is 0 Å². The van der Waals surface area contributed by atoms with Crippen LogP contribution in [0.2, 0.25) is 0 Å². The zero-order chi connectivity index (χ0) is 11.3. The summed E-state index contributed by atoms with van der Waals surface area (Å²) < 4.78 is 0. The van der Waals surface area contributed by atoms with Gasteiger partial charge in [0.25, 0.3) is 0 Å². The summed E-state index contributed by atoms with van der Waals surface area (Å²) in [5, 5.41) is 5.01. The van der Waals surface area contributed by atoms with Gasteiger partial charge in [0.1, 0.15) is 5.82 Å². The second-order valence-electron chi connectivity index (χ2n) is 3.66. The number of rotatable bonds is 5. The van der Waals surface area contributed by atoms with Crippen LogP contribution in [-0.2, 0) is 0 Å². The minimum Gasteiger partial charge on any atom is -0.354 e. The summed E-state index contributed by atoms with van der Waals surface area (Å²) in [6, 6.07) is 0. The first-order chi connectivity index (χ1) is 7.13. The van der Waals surface area contributed by atoms with E-state index in [1.807, 2.05) is 32.2 Å². The molecule has 1 aromatic rings. The van der Waals surface area contributed by atoms with Gasteiger partial charge in [-0.25, -0.2) is 9.99 Å². The van der Waals surface area contributed by atoms with Gasteiger partial charge in [-0.2, -0.15) is 4.98 Å². The van der Waals surface area contributed by atoms with Crippen molar-refractivity contribution in [1.29, 1.82) is 0 Å². The molecule has 2 N–H and O–H groups in total. The highest BCUT2D eigenvalue weighted by atomic mass is 15.5. The van der Waals surface area contributed by atoms with Gasteiger partial charge in [0.15, 0.2) is 0 Å². The molecule has 0 unspecified atom stereocenters. The van der Waals surface area contributed by atoms with Crippen molar-refractivity contribution in [1.82, 2.24) is 15.0 Å². The van der Waals surface area contributed by atoms with Crippen molar-refractivity contribution in [2.75, 3.05) is 31.4 Å². The Morgan fingerprint density at radius 1 is 1.40 bits per heavy atom. The molecule has 0 aromatic carbocycles. The molecular weight excluding hydrogens is 190 g/mol. The standard InChI is InChI=1S/C10H19N5/c1-5-6-11-10-12-7-8(2)9(13-10)14-15(3)4/h7H,5-6H2,1-4H3,(H2,11,12,13,14). The van der Waals surface area contributed by atoms with E-state index in [1.54, 1.807) is 0 Å². The Balaban J connectivity index is 2.75. The van der Waals surface area contributed by atoms with Crippen LogP contribution in [0.4, 0.5) is 11.8 Å². The van der Waals surface area contributed by atoms with Gasteiger partial charge in [-0.1, -0.05) is 6.92 Å². The van der Waals surface area contributed by atoms with Crippen LogP contribution >= 0.6 is 0 Å². The molecule has 0 aliphatic carbocycles. The van der Waals surface area contributed by atoms with Crippen molar-refractivity contribution in [2.24, 2.45) is 0 Å². The number of aromatic nitrogens is 2. The molecule has 0 radical (unpaired) electrons. The summed E-state index contributed by atoms with van der Waals surface area (Å²) in [5.41, 5.74) is 4.17. The predicted octanol–water partition coefficient (Wildman–Crippen LogP) is 1.50. The number of aryl methyl sites for hydroxylation is 1. The third-order valence-electron chi connectivity index (χ3n) is 1.83. The van der Waals surface area contributed by atoms with Crippen LogP contribution in [0, 0.1) is 6.92 Å². The van der Waals surface area contributed by atoms with Crippen LogP contribution < -0.4 is 10.7 Å². The van der Waals surface area contributed by atoms with Gasteiger partial charge in [0, 0.05) is 32.4 Å². The van der Waals surface area contributed by atoms with Gasteiger partial charge in [-0.15, -0.1) is 0 Å². The van der Waals surface area contributed by atoms with Crippen LogP contribution in [0.3, 0.4) is 0 Å². The Hall–Kier alpha value is -1.36. The number of hydrogen-bond acceptors (Lipinski definition) is 5. The maximum absolute atomic E-state index is 4.37. The summed E-state index contributed by atoms with van der Waals surface area (Å²) in [4.78, 5) is 8.58. The number of nitrogens with zero attached hydrogens (tertiary/aromatic N) is 3. The molecule has 0 atom stereocenters. The second-order valence-corrected chi connectivity index (χ2v) is 3.66. The number of hydrogen-bond donors (Lipinski definition) is 2. The normalized spacial score (nSPS) is 10.5. The van der Waals surface area contributed by atoms with E-state index in [2.05, 4.69) is 27.6 Å². The number of hydrazine groups is 1. The molecular formula is C10H19N5. The third kappa shape index (κ3) is 3.71. The third-order valence-corrected chi connectivity index (χ3v) is 1.83. The molecule has 0 aliphatic rings. The molecule has 0 fully saturated rings. The first-order valence-corrected chi connectivity index (χ1v) is 5.15. The Morgan fingerprint density at radius 3 is 2.73 bits per heavy atom. The highest BCUT2D eigenvalue weighted by molar-refractivity contribution is 5.45. The molecule has 0 saturated carbocycles. The SMILES string of the molecule is CCCNc1ncc(C)c(NN(C)C)n1. The summed E-state index contributed by atoms with van der Waals surface area (Å²) in [6.45, 7) is 4.99. The molecule has 0 aliphatic heterocycles. The molecule has 0 amide bonds. The maximum Gasteiger partial charge on any atom is 0.224 e. The summed E-state index contributed by atoms with van der Waals surface area (Å²) in [5.74, 6) is 1.51. The van der Waals surface area contributed by atoms with Crippen molar-refractivity contribution < 1.29 is 0 Å². The maximum atomic E-state index is 4.37. The van der Waals surface area contributed by atoms with Crippen molar-refractivity contribution in [2.45, 2.75) is 20.3 Å². The smallest absolute Gasteiger partial charge is 0.224 e. The van der Waals surface area contributed by atoms with Crippen LogP contribution in [0.15, 0.2) is 6.20 Å². The number of nitrogens with one attached hydrogen (secondary N) is 2. The van der Waals surface area contributed by atoms with Crippen molar-refractivity contribution in [3.05, 3.63) is 11.8 Å². The Bertz CT molecular complexity index is 311. The number of anilines is 2. The van der Waals surface area contributed by atoms with Crippen molar-refractivity contribution >= 4 is 11.8 Å². The quantitative estimate of drug-likeness (QED) is 0.720. The first-order valence-electron chi connectivity index (χ1n) is 5.15. The van der Waals surface area contributed by atoms with Gasteiger partial charge in [-0.3, -0.25) is 0 Å². The van der Waals surface area contributed by atoms with E-state index in [0.717, 1.165) is 24.3 Å². The lowest BCUT2D eigenvalue weighted by Gasteiger charge is -2.15. The Kier molecular flexibility index (Phi) is 4.30. The van der Waals surface area contributed by atoms with E-state index >= 15 is 0 Å². The Labute approximate surface area is 90.9 Å². The van der Waals surface area contributed by atoms with Gasteiger partial charge in [0.05, 0.1) is 0 Å². The second kappa shape index (κ2) is 5.50. The van der Waals surface area contributed by atoms with Gasteiger partial charge in [0.2, 0.25) is 5.95 Å². The zero-order valence-electron chi connectivity index (χ0n) is 9.83. The fourth-order valence-electron chi connectivity index (χ4n) is 1.09. The Morgan fingerprint density at radius 2 is 2.13 bits per heavy atom. The highest BCUT2D eigenvalue weighted by Gasteiger charge is 2.03. The average Bonchev–Trinajstić information content (AvgIpc) is 2.18. The van der Waals surface area contributed by atoms with Crippen molar-refractivity contribution in [3.63, 3.8) is 0 Å². The van der Waals surface area contributed by atoms with Crippen LogP contribution in [0.1, 0.15) is 18.9 Å². The molecule has 1 rings (SSSR count). The van der Waals surface area contributed by atoms with Crippen LogP contribution in [-0.4, -0.2) is 35.6 Å². The summed E-state index contributed by atoms with van der Waals surface area (Å²) in [7, 11) is 3.86. The molecule has 1 heterocycles. The van der Waals surface area contributed by atoms with E-state index in [4.69, 9.17) is 0 Å². The van der Waals surface area contributed by atoms with E-state index in [-0.39, 0.29) is 0 Å². The summed E-state index contributed by atoms with van der Waals surface area (Å²) >= 11 is 0. The monoisotopic (exact) mass is 209 g/mol. The molecule has 84 valence electrons. The average molecular weight is 209 g/mol. The fraction of sp³-hybridized carbons (Fsp3) is 0.600. The molecule has 0 saturated heterocycles. The molecule has 5 nitrogen and oxygen atoms in total. The van der Waals surface area contributed by atoms with Crippen LogP contribution in [0.25, 0.3) is 0 Å². The molecule has 1 aromatic heterocycles. The molecule has 0 spiro atoms.